The molecule has 0 aliphatic carbocycles. The van der Waals surface area contributed by atoms with Crippen molar-refractivity contribution in [1.29, 1.82) is 0 Å². The molecule has 0 aromatic rings. The Morgan fingerprint density at radius 3 is 1.92 bits per heavy atom. The smallest absolute Gasteiger partial charge is 0.133 e. The summed E-state index contributed by atoms with van der Waals surface area (Å²) in [5, 5.41) is 25.9. The molecular formula is C17H34N6O2. The highest BCUT2D eigenvalue weighted by Crippen LogP contribution is 2.24. The van der Waals surface area contributed by atoms with E-state index >= 15 is 0 Å². The number of aliphatic hydroxyl groups excluding tert-OH is 2. The van der Waals surface area contributed by atoms with Crippen molar-refractivity contribution in [3.63, 3.8) is 0 Å². The van der Waals surface area contributed by atoms with Crippen LogP contribution >= 0.6 is 0 Å². The average molecular weight is 354 g/mol. The molecule has 8 nitrogen and oxygen atoms in total. The van der Waals surface area contributed by atoms with Gasteiger partial charge in [-0.1, -0.05) is 0 Å². The monoisotopic (exact) mass is 354 g/mol. The van der Waals surface area contributed by atoms with Crippen molar-refractivity contribution in [2.75, 3.05) is 53.0 Å². The summed E-state index contributed by atoms with van der Waals surface area (Å²) in [6, 6.07) is 0. The number of rotatable bonds is 6. The molecule has 0 saturated heterocycles. The van der Waals surface area contributed by atoms with E-state index < -0.39 is 11.1 Å². The average Bonchev–Trinajstić information content (AvgIpc) is 3.16. The number of aliphatic hydroxyl groups is 2. The van der Waals surface area contributed by atoms with E-state index in [-0.39, 0.29) is 13.2 Å². The second-order valence-electron chi connectivity index (χ2n) is 7.18. The van der Waals surface area contributed by atoms with Crippen LogP contribution in [-0.2, 0) is 0 Å². The topological polar surface area (TPSA) is 96.4 Å². The molecule has 0 amide bonds. The molecule has 144 valence electrons. The molecule has 25 heavy (non-hydrogen) atoms. The first kappa shape index (κ1) is 21.5. The number of nitrogens with zero attached hydrogens (tertiary/aromatic N) is 6. The van der Waals surface area contributed by atoms with Crippen LogP contribution < -0.4 is 0 Å². The molecule has 0 spiro atoms. The Hall–Kier alpha value is -1.54. The molecule has 0 bridgehead atoms. The SMILES string of the molecule is CCO.CN1CCN=C1C(C)(C)N=NC(C)(C)C1=NCCN1CCO. The van der Waals surface area contributed by atoms with Crippen molar-refractivity contribution in [3.05, 3.63) is 0 Å². The van der Waals surface area contributed by atoms with Gasteiger partial charge in [-0.25, -0.2) is 0 Å². The highest BCUT2D eigenvalue weighted by molar-refractivity contribution is 5.93. The summed E-state index contributed by atoms with van der Waals surface area (Å²) < 4.78 is 0. The lowest BCUT2D eigenvalue weighted by atomic mass is 10.0. The summed E-state index contributed by atoms with van der Waals surface area (Å²) in [7, 11) is 2.04. The lowest BCUT2D eigenvalue weighted by Gasteiger charge is -2.30. The third-order valence-electron chi connectivity index (χ3n) is 4.00. The van der Waals surface area contributed by atoms with Crippen LogP contribution in [0.5, 0.6) is 0 Å². The van der Waals surface area contributed by atoms with Gasteiger partial charge >= 0.3 is 0 Å². The van der Waals surface area contributed by atoms with Crippen LogP contribution in [0.2, 0.25) is 0 Å². The fourth-order valence-corrected chi connectivity index (χ4v) is 2.93. The first-order valence-electron chi connectivity index (χ1n) is 8.91. The minimum Gasteiger partial charge on any atom is -0.397 e. The van der Waals surface area contributed by atoms with E-state index in [0.29, 0.717) is 6.54 Å². The van der Waals surface area contributed by atoms with Gasteiger partial charge in [0, 0.05) is 33.3 Å². The van der Waals surface area contributed by atoms with Crippen molar-refractivity contribution >= 4 is 11.7 Å². The van der Waals surface area contributed by atoms with Crippen LogP contribution in [0.4, 0.5) is 0 Å². The molecule has 2 N–H and O–H groups in total. The number of amidine groups is 2. The van der Waals surface area contributed by atoms with Crippen LogP contribution in [0.15, 0.2) is 20.2 Å². The summed E-state index contributed by atoms with van der Waals surface area (Å²) in [4.78, 5) is 13.3. The number of likely N-dealkylation sites (N-methyl/N-ethyl adjacent to an activating group) is 1. The second kappa shape index (κ2) is 9.24. The van der Waals surface area contributed by atoms with Gasteiger partial charge in [0.1, 0.15) is 22.7 Å². The molecule has 0 aromatic heterocycles. The molecule has 0 atom stereocenters. The summed E-state index contributed by atoms with van der Waals surface area (Å²) in [5.41, 5.74) is -0.940. The normalized spacial score (nSPS) is 18.4. The Bertz CT molecular complexity index is 513. The van der Waals surface area contributed by atoms with Crippen LogP contribution in [-0.4, -0.2) is 95.7 Å². The molecule has 2 rings (SSSR count). The first-order chi connectivity index (χ1) is 11.7. The van der Waals surface area contributed by atoms with Gasteiger partial charge in [0.05, 0.1) is 19.7 Å². The van der Waals surface area contributed by atoms with E-state index in [1.54, 1.807) is 6.92 Å². The zero-order chi connectivity index (χ0) is 19.1. The summed E-state index contributed by atoms with van der Waals surface area (Å²) in [6.07, 6.45) is 0. The van der Waals surface area contributed by atoms with Gasteiger partial charge in [-0.2, -0.15) is 10.2 Å². The molecule has 8 heteroatoms. The van der Waals surface area contributed by atoms with Crippen molar-refractivity contribution in [1.82, 2.24) is 9.80 Å². The van der Waals surface area contributed by atoms with Crippen molar-refractivity contribution in [3.8, 4) is 0 Å². The summed E-state index contributed by atoms with van der Waals surface area (Å²) in [5.74, 6) is 1.88. The standard InChI is InChI=1S/C15H28N6O.C2H6O/c1-14(2,12-16-6-8-20(12)5)18-19-15(3,4)13-17-7-9-21(13)10-11-22;1-2-3/h22H,6-11H2,1-5H3;3H,2H2,1H3. The van der Waals surface area contributed by atoms with Gasteiger partial charge in [0.2, 0.25) is 0 Å². The molecular weight excluding hydrogens is 320 g/mol. The maximum atomic E-state index is 9.17. The van der Waals surface area contributed by atoms with E-state index in [2.05, 4.69) is 30.0 Å². The molecule has 0 unspecified atom stereocenters. The third kappa shape index (κ3) is 5.74. The van der Waals surface area contributed by atoms with Gasteiger partial charge in [-0.05, 0) is 34.6 Å². The van der Waals surface area contributed by atoms with E-state index in [0.717, 1.165) is 37.9 Å². The fourth-order valence-electron chi connectivity index (χ4n) is 2.93. The number of hydrogen-bond acceptors (Lipinski definition) is 8. The number of β-amino-alcohol motifs (C(OH)–C–C–N with tert-alkyl or cyclic N) is 1. The van der Waals surface area contributed by atoms with Gasteiger partial charge in [-0.3, -0.25) is 9.98 Å². The zero-order valence-corrected chi connectivity index (χ0v) is 16.5. The van der Waals surface area contributed by atoms with E-state index in [1.807, 2.05) is 34.7 Å². The van der Waals surface area contributed by atoms with Crippen LogP contribution in [0, 0.1) is 0 Å². The summed E-state index contributed by atoms with van der Waals surface area (Å²) >= 11 is 0. The van der Waals surface area contributed by atoms with Crippen molar-refractivity contribution in [2.24, 2.45) is 20.2 Å². The summed E-state index contributed by atoms with van der Waals surface area (Å²) in [6.45, 7) is 14.1. The Morgan fingerprint density at radius 2 is 1.44 bits per heavy atom. The molecule has 2 aliphatic rings. The number of azo groups is 1. The van der Waals surface area contributed by atoms with E-state index in [1.165, 1.54) is 0 Å². The minimum atomic E-state index is -0.499. The first-order valence-corrected chi connectivity index (χ1v) is 8.91. The molecule has 0 fully saturated rings. The quantitative estimate of drug-likeness (QED) is 0.697. The Kier molecular flexibility index (Phi) is 7.95. The predicted molar refractivity (Wildman–Crippen MR) is 102 cm³/mol. The van der Waals surface area contributed by atoms with Gasteiger partial charge in [0.25, 0.3) is 0 Å². The fraction of sp³-hybridized carbons (Fsp3) is 0.882. The highest BCUT2D eigenvalue weighted by Gasteiger charge is 2.35. The Balaban J connectivity index is 0.000000970. The molecule has 2 aliphatic heterocycles. The molecule has 0 aromatic carbocycles. The van der Waals surface area contributed by atoms with Gasteiger partial charge in [0.15, 0.2) is 0 Å². The molecule has 0 saturated carbocycles. The molecule has 0 radical (unpaired) electrons. The van der Waals surface area contributed by atoms with Gasteiger partial charge < -0.3 is 20.0 Å². The minimum absolute atomic E-state index is 0.124. The Morgan fingerprint density at radius 1 is 0.960 bits per heavy atom. The third-order valence-corrected chi connectivity index (χ3v) is 4.00. The lowest BCUT2D eigenvalue weighted by Crippen LogP contribution is -2.44. The predicted octanol–water partition coefficient (Wildman–Crippen LogP) is 1.04. The van der Waals surface area contributed by atoms with E-state index in [9.17, 15) is 5.11 Å². The number of aliphatic imine (C=N–C) groups is 2. The lowest BCUT2D eigenvalue weighted by molar-refractivity contribution is 0.252. The Labute approximate surface area is 151 Å². The van der Waals surface area contributed by atoms with E-state index in [4.69, 9.17) is 5.11 Å². The largest absolute Gasteiger partial charge is 0.397 e. The highest BCUT2D eigenvalue weighted by atomic mass is 16.3. The van der Waals surface area contributed by atoms with Crippen LogP contribution in [0.1, 0.15) is 34.6 Å². The van der Waals surface area contributed by atoms with Crippen LogP contribution in [0.3, 0.4) is 0 Å². The maximum Gasteiger partial charge on any atom is 0.133 e. The molecule has 2 heterocycles. The van der Waals surface area contributed by atoms with Gasteiger partial charge in [-0.15, -0.1) is 0 Å². The van der Waals surface area contributed by atoms with Crippen molar-refractivity contribution in [2.45, 2.75) is 45.7 Å². The maximum absolute atomic E-state index is 9.17. The zero-order valence-electron chi connectivity index (χ0n) is 16.5. The van der Waals surface area contributed by atoms with Crippen molar-refractivity contribution < 1.29 is 10.2 Å². The number of hydrogen-bond donors (Lipinski definition) is 2. The second-order valence-corrected chi connectivity index (χ2v) is 7.18. The van der Waals surface area contributed by atoms with Crippen LogP contribution in [0.25, 0.3) is 0 Å².